The first kappa shape index (κ1) is 14.4. The van der Waals surface area contributed by atoms with Crippen LogP contribution in [0.2, 0.25) is 0 Å². The maximum Gasteiger partial charge on any atom is 0.178 e. The van der Waals surface area contributed by atoms with Gasteiger partial charge in [0.05, 0.1) is 18.0 Å². The topological polar surface area (TPSA) is 47.9 Å². The van der Waals surface area contributed by atoms with Crippen molar-refractivity contribution in [1.82, 2.24) is 15.0 Å². The van der Waals surface area contributed by atoms with Gasteiger partial charge in [0.1, 0.15) is 5.69 Å². The number of nitrogens with zero attached hydrogens (tertiary/aromatic N) is 3. The fraction of sp³-hybridized carbons (Fsp3) is 0.438. The first-order valence-corrected chi connectivity index (χ1v) is 7.00. The Balaban J connectivity index is 2.37. The van der Waals surface area contributed by atoms with Crippen LogP contribution in [0.4, 0.5) is 0 Å². The summed E-state index contributed by atoms with van der Waals surface area (Å²) in [6, 6.07) is 5.73. The molecule has 0 amide bonds. The van der Waals surface area contributed by atoms with E-state index in [9.17, 15) is 0 Å². The number of ether oxygens (including phenoxy) is 1. The van der Waals surface area contributed by atoms with E-state index in [1.54, 1.807) is 12.4 Å². The summed E-state index contributed by atoms with van der Waals surface area (Å²) in [7, 11) is 0. The van der Waals surface area contributed by atoms with Crippen LogP contribution in [-0.4, -0.2) is 21.1 Å². The van der Waals surface area contributed by atoms with Crippen molar-refractivity contribution in [3.63, 3.8) is 0 Å². The predicted octanol–water partition coefficient (Wildman–Crippen LogP) is 3.52. The summed E-state index contributed by atoms with van der Waals surface area (Å²) in [5, 5.41) is 0. The number of hydrogen-bond donors (Lipinski definition) is 0. The van der Waals surface area contributed by atoms with Crippen LogP contribution in [0.25, 0.3) is 11.5 Å². The summed E-state index contributed by atoms with van der Waals surface area (Å²) in [4.78, 5) is 13.3. The van der Waals surface area contributed by atoms with Crippen LogP contribution in [0.15, 0.2) is 30.6 Å². The Labute approximate surface area is 120 Å². The van der Waals surface area contributed by atoms with E-state index in [1.165, 1.54) is 0 Å². The molecule has 0 spiro atoms. The van der Waals surface area contributed by atoms with Crippen LogP contribution in [-0.2, 0) is 6.42 Å². The first-order valence-electron chi connectivity index (χ1n) is 7.00. The third-order valence-electron chi connectivity index (χ3n) is 2.69. The second-order valence-corrected chi connectivity index (χ2v) is 5.48. The second kappa shape index (κ2) is 6.46. The fourth-order valence-corrected chi connectivity index (χ4v) is 1.91. The summed E-state index contributed by atoms with van der Waals surface area (Å²) in [6.45, 7) is 8.35. The monoisotopic (exact) mass is 271 g/mol. The molecule has 2 aromatic heterocycles. The molecule has 0 bridgehead atoms. The van der Waals surface area contributed by atoms with E-state index in [4.69, 9.17) is 4.74 Å². The van der Waals surface area contributed by atoms with E-state index in [0.717, 1.165) is 23.6 Å². The molecular weight excluding hydrogens is 250 g/mol. The summed E-state index contributed by atoms with van der Waals surface area (Å²) in [5.74, 6) is 1.93. The van der Waals surface area contributed by atoms with Gasteiger partial charge in [-0.1, -0.05) is 19.9 Å². The second-order valence-electron chi connectivity index (χ2n) is 5.48. The van der Waals surface area contributed by atoms with E-state index in [2.05, 4.69) is 28.8 Å². The van der Waals surface area contributed by atoms with Gasteiger partial charge < -0.3 is 4.74 Å². The van der Waals surface area contributed by atoms with E-state index in [0.29, 0.717) is 11.7 Å². The van der Waals surface area contributed by atoms with Crippen molar-refractivity contribution in [1.29, 1.82) is 0 Å². The Morgan fingerprint density at radius 1 is 1.10 bits per heavy atom. The van der Waals surface area contributed by atoms with E-state index in [-0.39, 0.29) is 6.10 Å². The van der Waals surface area contributed by atoms with Crippen LogP contribution < -0.4 is 4.74 Å². The normalized spacial score (nSPS) is 11.1. The van der Waals surface area contributed by atoms with Crippen LogP contribution in [0.5, 0.6) is 5.75 Å². The molecule has 4 heteroatoms. The van der Waals surface area contributed by atoms with Crippen molar-refractivity contribution in [3.8, 4) is 17.3 Å². The first-order chi connectivity index (χ1) is 9.56. The molecule has 0 unspecified atom stereocenters. The Kier molecular flexibility index (Phi) is 4.66. The van der Waals surface area contributed by atoms with Crippen LogP contribution in [0.3, 0.4) is 0 Å². The molecular formula is C16H21N3O. The van der Waals surface area contributed by atoms with Gasteiger partial charge in [0, 0.05) is 6.20 Å². The van der Waals surface area contributed by atoms with Gasteiger partial charge in [0.2, 0.25) is 0 Å². The van der Waals surface area contributed by atoms with Crippen molar-refractivity contribution in [2.24, 2.45) is 5.92 Å². The third-order valence-corrected chi connectivity index (χ3v) is 2.69. The molecule has 2 heterocycles. The number of hydrogen-bond acceptors (Lipinski definition) is 4. The zero-order valence-corrected chi connectivity index (χ0v) is 12.5. The lowest BCUT2D eigenvalue weighted by Gasteiger charge is -2.15. The maximum atomic E-state index is 5.79. The molecule has 0 aliphatic carbocycles. The highest BCUT2D eigenvalue weighted by Crippen LogP contribution is 2.23. The highest BCUT2D eigenvalue weighted by molar-refractivity contribution is 5.49. The lowest BCUT2D eigenvalue weighted by Crippen LogP contribution is -2.11. The zero-order valence-electron chi connectivity index (χ0n) is 12.5. The molecule has 0 fully saturated rings. The molecule has 2 aromatic rings. The molecule has 2 rings (SSSR count). The quantitative estimate of drug-likeness (QED) is 0.834. The van der Waals surface area contributed by atoms with E-state index < -0.39 is 0 Å². The summed E-state index contributed by atoms with van der Waals surface area (Å²) >= 11 is 0. The van der Waals surface area contributed by atoms with Crippen molar-refractivity contribution in [3.05, 3.63) is 36.3 Å². The number of pyridine rings is 1. The molecule has 106 valence electrons. The summed E-state index contributed by atoms with van der Waals surface area (Å²) in [5.41, 5.74) is 1.73. The number of aromatic nitrogens is 3. The molecule has 0 aliphatic rings. The Morgan fingerprint density at radius 3 is 2.50 bits per heavy atom. The zero-order chi connectivity index (χ0) is 14.5. The van der Waals surface area contributed by atoms with E-state index >= 15 is 0 Å². The molecule has 4 nitrogen and oxygen atoms in total. The van der Waals surface area contributed by atoms with Crippen LogP contribution in [0.1, 0.15) is 33.4 Å². The van der Waals surface area contributed by atoms with E-state index in [1.807, 2.05) is 32.0 Å². The van der Waals surface area contributed by atoms with Gasteiger partial charge in [0.15, 0.2) is 11.6 Å². The van der Waals surface area contributed by atoms with Crippen LogP contribution in [0, 0.1) is 5.92 Å². The fourth-order valence-electron chi connectivity index (χ4n) is 1.91. The maximum absolute atomic E-state index is 5.79. The van der Waals surface area contributed by atoms with Crippen molar-refractivity contribution in [2.45, 2.75) is 40.2 Å². The van der Waals surface area contributed by atoms with Crippen LogP contribution >= 0.6 is 0 Å². The smallest absolute Gasteiger partial charge is 0.178 e. The van der Waals surface area contributed by atoms with Gasteiger partial charge in [-0.3, -0.25) is 4.98 Å². The standard InChI is InChI=1S/C16H21N3O/c1-11(2)9-14-15(20-12(3)4)10-18-16(19-14)13-7-5-6-8-17-13/h5-8,10-12H,9H2,1-4H3. The van der Waals surface area contributed by atoms with Gasteiger partial charge in [0.25, 0.3) is 0 Å². The molecule has 0 aliphatic heterocycles. The largest absolute Gasteiger partial charge is 0.487 e. The molecule has 20 heavy (non-hydrogen) atoms. The molecule has 0 radical (unpaired) electrons. The molecule has 0 saturated heterocycles. The van der Waals surface area contributed by atoms with Gasteiger partial charge in [-0.05, 0) is 38.3 Å². The molecule has 0 saturated carbocycles. The molecule has 0 aromatic carbocycles. The summed E-state index contributed by atoms with van der Waals surface area (Å²) < 4.78 is 5.79. The SMILES string of the molecule is CC(C)Cc1nc(-c2ccccn2)ncc1OC(C)C. The average Bonchev–Trinajstić information content (AvgIpc) is 2.40. The predicted molar refractivity (Wildman–Crippen MR) is 79.6 cm³/mol. The lowest BCUT2D eigenvalue weighted by atomic mass is 10.1. The lowest BCUT2D eigenvalue weighted by molar-refractivity contribution is 0.237. The van der Waals surface area contributed by atoms with Crippen molar-refractivity contribution >= 4 is 0 Å². The minimum Gasteiger partial charge on any atom is -0.487 e. The number of rotatable bonds is 5. The van der Waals surface area contributed by atoms with Gasteiger partial charge in [-0.2, -0.15) is 0 Å². The van der Waals surface area contributed by atoms with Gasteiger partial charge in [-0.25, -0.2) is 9.97 Å². The van der Waals surface area contributed by atoms with Gasteiger partial charge >= 0.3 is 0 Å². The highest BCUT2D eigenvalue weighted by atomic mass is 16.5. The van der Waals surface area contributed by atoms with Gasteiger partial charge in [-0.15, -0.1) is 0 Å². The molecule has 0 atom stereocenters. The highest BCUT2D eigenvalue weighted by Gasteiger charge is 2.13. The minimum atomic E-state index is 0.116. The Morgan fingerprint density at radius 2 is 1.90 bits per heavy atom. The Hall–Kier alpha value is -1.97. The minimum absolute atomic E-state index is 0.116. The van der Waals surface area contributed by atoms with Crippen molar-refractivity contribution < 1.29 is 4.74 Å². The molecule has 0 N–H and O–H groups in total. The Bertz CT molecular complexity index is 553. The summed E-state index contributed by atoms with van der Waals surface area (Å²) in [6.07, 6.45) is 4.49. The average molecular weight is 271 g/mol. The van der Waals surface area contributed by atoms with Crippen molar-refractivity contribution in [2.75, 3.05) is 0 Å². The third kappa shape index (κ3) is 3.76.